The lowest BCUT2D eigenvalue weighted by Gasteiger charge is -2.25. The van der Waals surface area contributed by atoms with Crippen LogP contribution >= 0.6 is 7.60 Å². The highest BCUT2D eigenvalue weighted by Gasteiger charge is 2.25. The standard InChI is InChI=1S/C29H54NO5P/c1-6-7-8-9-10-11-12-13-14-15-16-17-20-27-21-18-19-22-29(27)34-25-28(33-5)26-35-36(31,32)24-23-30(2,3)4/h18-19,21-22,28H,6-17,20,23-26H2,1-5H3/p+1. The van der Waals surface area contributed by atoms with Gasteiger partial charge in [0.1, 0.15) is 18.5 Å². The molecule has 210 valence electrons. The fourth-order valence-electron chi connectivity index (χ4n) is 4.07. The summed E-state index contributed by atoms with van der Waals surface area (Å²) in [5.41, 5.74) is 1.20. The van der Waals surface area contributed by atoms with Crippen LogP contribution in [0.3, 0.4) is 0 Å². The van der Waals surface area contributed by atoms with Crippen LogP contribution in [0.5, 0.6) is 5.75 Å². The maximum Gasteiger partial charge on any atom is 0.333 e. The second-order valence-corrected chi connectivity index (χ2v) is 13.1. The van der Waals surface area contributed by atoms with Crippen molar-refractivity contribution >= 4 is 7.60 Å². The number of methoxy groups -OCH3 is 1. The average Bonchev–Trinajstić information content (AvgIpc) is 2.84. The SMILES string of the molecule is CCCCCCCCCCCCCCc1ccccc1OCC(COP(=O)(O)CC[N+](C)(C)C)OC. The molecule has 1 aromatic carbocycles. The number of quaternary nitrogens is 1. The van der Waals surface area contributed by atoms with Gasteiger partial charge in [0.15, 0.2) is 0 Å². The van der Waals surface area contributed by atoms with Gasteiger partial charge in [0.2, 0.25) is 0 Å². The van der Waals surface area contributed by atoms with Crippen LogP contribution in [0.4, 0.5) is 0 Å². The van der Waals surface area contributed by atoms with Crippen molar-refractivity contribution in [3.63, 3.8) is 0 Å². The molecule has 0 aliphatic heterocycles. The fourth-order valence-corrected chi connectivity index (χ4v) is 5.45. The molecule has 1 rings (SSSR count). The zero-order valence-corrected chi connectivity index (χ0v) is 24.8. The van der Waals surface area contributed by atoms with E-state index in [1.165, 1.54) is 76.2 Å². The van der Waals surface area contributed by atoms with Gasteiger partial charge in [-0.2, -0.15) is 0 Å². The van der Waals surface area contributed by atoms with Gasteiger partial charge in [-0.05, 0) is 24.5 Å². The number of ether oxygens (including phenoxy) is 2. The van der Waals surface area contributed by atoms with E-state index in [-0.39, 0.29) is 19.4 Å². The molecule has 0 heterocycles. The molecule has 0 saturated heterocycles. The number of nitrogens with zero attached hydrogens (tertiary/aromatic N) is 1. The van der Waals surface area contributed by atoms with E-state index in [1.807, 2.05) is 33.3 Å². The molecule has 2 atom stereocenters. The number of unbranched alkanes of at least 4 members (excludes halogenated alkanes) is 11. The smallest absolute Gasteiger partial charge is 0.333 e. The highest BCUT2D eigenvalue weighted by molar-refractivity contribution is 7.52. The van der Waals surface area contributed by atoms with Crippen LogP contribution in [0.25, 0.3) is 0 Å². The minimum absolute atomic E-state index is 0.0301. The van der Waals surface area contributed by atoms with Crippen LogP contribution < -0.4 is 4.74 Å². The first-order chi connectivity index (χ1) is 17.2. The Kier molecular flexibility index (Phi) is 17.7. The number of benzene rings is 1. The Morgan fingerprint density at radius 2 is 1.42 bits per heavy atom. The van der Waals surface area contributed by atoms with E-state index in [0.29, 0.717) is 11.0 Å². The summed E-state index contributed by atoms with van der Waals surface area (Å²) in [7, 11) is 3.88. The number of rotatable bonds is 23. The fraction of sp³-hybridized carbons (Fsp3) is 0.793. The van der Waals surface area contributed by atoms with Gasteiger partial charge in [-0.3, -0.25) is 4.57 Å². The van der Waals surface area contributed by atoms with Crippen molar-refractivity contribution in [3.05, 3.63) is 29.8 Å². The van der Waals surface area contributed by atoms with Crippen LogP contribution in [0.15, 0.2) is 24.3 Å². The van der Waals surface area contributed by atoms with Gasteiger partial charge in [0.05, 0.1) is 40.5 Å². The van der Waals surface area contributed by atoms with Gasteiger partial charge in [-0.15, -0.1) is 0 Å². The highest BCUT2D eigenvalue weighted by atomic mass is 31.2. The molecule has 7 heteroatoms. The first kappa shape index (κ1) is 33.1. The van der Waals surface area contributed by atoms with Crippen molar-refractivity contribution in [2.24, 2.45) is 0 Å². The average molecular weight is 529 g/mol. The van der Waals surface area contributed by atoms with Crippen LogP contribution in [0.2, 0.25) is 0 Å². The summed E-state index contributed by atoms with van der Waals surface area (Å²) < 4.78 is 29.8. The maximum atomic E-state index is 12.3. The number of para-hydroxylation sites is 1. The van der Waals surface area contributed by atoms with Crippen molar-refractivity contribution in [1.82, 2.24) is 0 Å². The molecular weight excluding hydrogens is 473 g/mol. The normalized spacial score (nSPS) is 14.5. The van der Waals surface area contributed by atoms with Crippen molar-refractivity contribution in [1.29, 1.82) is 0 Å². The molecule has 0 amide bonds. The van der Waals surface area contributed by atoms with Gasteiger partial charge < -0.3 is 23.4 Å². The molecule has 0 aromatic heterocycles. The van der Waals surface area contributed by atoms with Crippen molar-refractivity contribution in [3.8, 4) is 5.75 Å². The summed E-state index contributed by atoms with van der Waals surface area (Å²) >= 11 is 0. The Hall–Kier alpha value is -0.910. The third kappa shape index (κ3) is 17.5. The topological polar surface area (TPSA) is 65.0 Å². The molecule has 36 heavy (non-hydrogen) atoms. The molecule has 1 aromatic rings. The summed E-state index contributed by atoms with van der Waals surface area (Å²) in [6.45, 7) is 3.14. The minimum atomic E-state index is -3.65. The number of aryl methyl sites for hydroxylation is 1. The molecule has 0 bridgehead atoms. The summed E-state index contributed by atoms with van der Waals surface area (Å²) in [6.07, 6.45) is 16.8. The van der Waals surface area contributed by atoms with E-state index >= 15 is 0 Å². The molecular formula is C29H55NO5P+. The third-order valence-electron chi connectivity index (χ3n) is 6.55. The number of hydrogen-bond acceptors (Lipinski definition) is 4. The summed E-state index contributed by atoms with van der Waals surface area (Å²) in [5, 5.41) is 0. The maximum absolute atomic E-state index is 12.3. The molecule has 0 spiro atoms. The zero-order valence-electron chi connectivity index (χ0n) is 23.9. The van der Waals surface area contributed by atoms with E-state index < -0.39 is 13.7 Å². The lowest BCUT2D eigenvalue weighted by molar-refractivity contribution is -0.867. The van der Waals surface area contributed by atoms with E-state index in [0.717, 1.165) is 18.6 Å². The van der Waals surface area contributed by atoms with Crippen LogP contribution in [0.1, 0.15) is 89.5 Å². The Morgan fingerprint density at radius 3 is 1.97 bits per heavy atom. The van der Waals surface area contributed by atoms with Crippen molar-refractivity contribution in [2.45, 2.75) is 96.5 Å². The van der Waals surface area contributed by atoms with Gasteiger partial charge in [-0.1, -0.05) is 95.8 Å². The van der Waals surface area contributed by atoms with E-state index in [9.17, 15) is 9.46 Å². The Labute approximate surface area is 221 Å². The quantitative estimate of drug-likeness (QED) is 0.0922. The van der Waals surface area contributed by atoms with E-state index in [2.05, 4.69) is 19.1 Å². The monoisotopic (exact) mass is 528 g/mol. The van der Waals surface area contributed by atoms with Crippen LogP contribution in [-0.2, 0) is 20.2 Å². The predicted octanol–water partition coefficient (Wildman–Crippen LogP) is 7.23. The summed E-state index contributed by atoms with van der Waals surface area (Å²) in [6, 6.07) is 8.14. The molecule has 0 fully saturated rings. The van der Waals surface area contributed by atoms with E-state index in [1.54, 1.807) is 7.11 Å². The van der Waals surface area contributed by atoms with Gasteiger partial charge >= 0.3 is 7.60 Å². The zero-order chi connectivity index (χ0) is 26.7. The van der Waals surface area contributed by atoms with Gasteiger partial charge in [0, 0.05) is 7.11 Å². The lowest BCUT2D eigenvalue weighted by atomic mass is 10.0. The first-order valence-corrected chi connectivity index (χ1v) is 15.9. The molecule has 0 saturated carbocycles. The lowest BCUT2D eigenvalue weighted by Crippen LogP contribution is -2.37. The first-order valence-electron chi connectivity index (χ1n) is 14.2. The second-order valence-electron chi connectivity index (χ2n) is 11.1. The van der Waals surface area contributed by atoms with Crippen LogP contribution in [0, 0.1) is 0 Å². The minimum Gasteiger partial charge on any atom is -0.491 e. The molecule has 2 unspecified atom stereocenters. The Bertz CT molecular complexity index is 722. The molecule has 6 nitrogen and oxygen atoms in total. The van der Waals surface area contributed by atoms with Gasteiger partial charge in [0.25, 0.3) is 0 Å². The Morgan fingerprint density at radius 1 is 0.861 bits per heavy atom. The second kappa shape index (κ2) is 19.2. The molecule has 0 radical (unpaired) electrons. The Balaban J connectivity index is 2.28. The largest absolute Gasteiger partial charge is 0.491 e. The van der Waals surface area contributed by atoms with Crippen molar-refractivity contribution in [2.75, 3.05) is 54.2 Å². The molecule has 1 N–H and O–H groups in total. The molecule has 0 aliphatic rings. The predicted molar refractivity (Wildman–Crippen MR) is 151 cm³/mol. The van der Waals surface area contributed by atoms with E-state index in [4.69, 9.17) is 14.0 Å². The highest BCUT2D eigenvalue weighted by Crippen LogP contribution is 2.41. The van der Waals surface area contributed by atoms with Crippen molar-refractivity contribution < 1.29 is 27.9 Å². The third-order valence-corrected chi connectivity index (χ3v) is 7.86. The van der Waals surface area contributed by atoms with Gasteiger partial charge in [-0.25, -0.2) is 0 Å². The number of hydrogen-bond donors (Lipinski definition) is 1. The summed E-state index contributed by atoms with van der Waals surface area (Å²) in [5.74, 6) is 0.861. The summed E-state index contributed by atoms with van der Waals surface area (Å²) in [4.78, 5) is 10.1. The van der Waals surface area contributed by atoms with Crippen LogP contribution in [-0.4, -0.2) is 69.7 Å². The molecule has 0 aliphatic carbocycles.